The smallest absolute Gasteiger partial charge is 0.382 e. The highest BCUT2D eigenvalue weighted by Gasteiger charge is 2.46. The molecule has 2 N–H and O–H groups in total. The predicted octanol–water partition coefficient (Wildman–Crippen LogP) is 4.44. The summed E-state index contributed by atoms with van der Waals surface area (Å²) >= 11 is 0. The Morgan fingerprint density at radius 3 is 2.46 bits per heavy atom. The van der Waals surface area contributed by atoms with Gasteiger partial charge in [-0.3, -0.25) is 10.00 Å². The summed E-state index contributed by atoms with van der Waals surface area (Å²) in [5.74, 6) is 0.294. The van der Waals surface area contributed by atoms with Crippen molar-refractivity contribution < 1.29 is 18.3 Å². The SMILES string of the molecule is OC(CN1C2CC[C@@H]1CC(c1ccc(-n3cc(-c4n[nH]c5ccccc45)nn3)cc1)C2)C(F)(F)F. The summed E-state index contributed by atoms with van der Waals surface area (Å²) in [5.41, 5.74) is 4.42. The first-order valence-corrected chi connectivity index (χ1v) is 11.8. The van der Waals surface area contributed by atoms with Crippen molar-refractivity contribution in [3.05, 3.63) is 60.3 Å². The summed E-state index contributed by atoms with van der Waals surface area (Å²) in [4.78, 5) is 1.87. The Hall–Kier alpha value is -3.24. The average molecular weight is 483 g/mol. The molecule has 2 bridgehead atoms. The molecule has 2 aliphatic rings. The number of rotatable bonds is 5. The molecule has 0 amide bonds. The molecule has 0 spiro atoms. The normalized spacial score (nSPS) is 23.7. The zero-order valence-corrected chi connectivity index (χ0v) is 18.9. The van der Waals surface area contributed by atoms with E-state index < -0.39 is 12.3 Å². The van der Waals surface area contributed by atoms with Gasteiger partial charge in [-0.1, -0.05) is 35.5 Å². The molecular weight excluding hydrogens is 457 g/mol. The fourth-order valence-corrected chi connectivity index (χ4v) is 5.70. The fourth-order valence-electron chi connectivity index (χ4n) is 5.70. The molecule has 7 nitrogen and oxygen atoms in total. The van der Waals surface area contributed by atoms with Crippen LogP contribution in [0.2, 0.25) is 0 Å². The number of nitrogens with one attached hydrogen (secondary N) is 1. The second-order valence-electron chi connectivity index (χ2n) is 9.57. The molecule has 4 heterocycles. The number of nitrogens with zero attached hydrogens (tertiary/aromatic N) is 5. The second-order valence-corrected chi connectivity index (χ2v) is 9.57. The summed E-state index contributed by atoms with van der Waals surface area (Å²) in [6, 6.07) is 16.2. The van der Waals surface area contributed by atoms with Gasteiger partial charge in [-0.2, -0.15) is 18.3 Å². The number of aliphatic hydroxyl groups excluding tert-OH is 1. The predicted molar refractivity (Wildman–Crippen MR) is 124 cm³/mol. The molecule has 0 saturated carbocycles. The molecule has 2 aromatic carbocycles. The van der Waals surface area contributed by atoms with E-state index in [9.17, 15) is 18.3 Å². The molecule has 4 aromatic rings. The second kappa shape index (κ2) is 8.46. The van der Waals surface area contributed by atoms with Crippen molar-refractivity contribution >= 4 is 10.9 Å². The van der Waals surface area contributed by atoms with E-state index in [-0.39, 0.29) is 18.6 Å². The van der Waals surface area contributed by atoms with Crippen LogP contribution in [0.25, 0.3) is 28.0 Å². The Bertz CT molecular complexity index is 1320. The Kier molecular flexibility index (Phi) is 5.37. The van der Waals surface area contributed by atoms with Gasteiger partial charge in [-0.15, -0.1) is 5.10 Å². The summed E-state index contributed by atoms with van der Waals surface area (Å²) in [7, 11) is 0. The molecule has 2 aromatic heterocycles. The summed E-state index contributed by atoms with van der Waals surface area (Å²) in [5, 5.41) is 26.5. The van der Waals surface area contributed by atoms with E-state index in [0.29, 0.717) is 11.6 Å². The van der Waals surface area contributed by atoms with E-state index in [1.54, 1.807) is 4.68 Å². The standard InChI is InChI=1S/C25H25F3N6O/c26-25(27,28)23(35)14-33-18-9-10-19(33)12-16(11-18)15-5-7-17(8-6-15)34-13-22(30-32-34)24-20-3-1-2-4-21(20)29-31-24/h1-8,13,16,18-19,23,35H,9-12,14H2,(H,29,31)/t16?,18-,19?,23?/m1/s1. The van der Waals surface area contributed by atoms with Gasteiger partial charge in [0.2, 0.25) is 0 Å². The lowest BCUT2D eigenvalue weighted by molar-refractivity contribution is -0.210. The van der Waals surface area contributed by atoms with E-state index in [1.165, 1.54) is 5.56 Å². The van der Waals surface area contributed by atoms with Gasteiger partial charge in [0.1, 0.15) is 11.4 Å². The molecule has 2 aliphatic heterocycles. The first kappa shape index (κ1) is 22.2. The van der Waals surface area contributed by atoms with Crippen LogP contribution in [0.5, 0.6) is 0 Å². The van der Waals surface area contributed by atoms with Crippen LogP contribution >= 0.6 is 0 Å². The maximum Gasteiger partial charge on any atom is 0.415 e. The van der Waals surface area contributed by atoms with Crippen molar-refractivity contribution in [2.45, 2.75) is 56.0 Å². The lowest BCUT2D eigenvalue weighted by atomic mass is 9.85. The first-order valence-electron chi connectivity index (χ1n) is 11.8. The summed E-state index contributed by atoms with van der Waals surface area (Å²) in [6.45, 7) is -0.329. The van der Waals surface area contributed by atoms with Crippen molar-refractivity contribution in [2.75, 3.05) is 6.54 Å². The van der Waals surface area contributed by atoms with Crippen molar-refractivity contribution in [3.8, 4) is 17.1 Å². The van der Waals surface area contributed by atoms with Crippen molar-refractivity contribution in [1.29, 1.82) is 0 Å². The highest BCUT2D eigenvalue weighted by atomic mass is 19.4. The van der Waals surface area contributed by atoms with Crippen LogP contribution in [0.15, 0.2) is 54.7 Å². The monoisotopic (exact) mass is 482 g/mol. The van der Waals surface area contributed by atoms with Gasteiger partial charge in [-0.05, 0) is 55.4 Å². The van der Waals surface area contributed by atoms with Gasteiger partial charge in [0.15, 0.2) is 6.10 Å². The van der Waals surface area contributed by atoms with Crippen molar-refractivity contribution in [1.82, 2.24) is 30.1 Å². The van der Waals surface area contributed by atoms with E-state index >= 15 is 0 Å². The Labute approximate surface area is 199 Å². The topological polar surface area (TPSA) is 82.9 Å². The first-order chi connectivity index (χ1) is 16.9. The number of piperidine rings is 1. The van der Waals surface area contributed by atoms with Crippen LogP contribution in [0, 0.1) is 0 Å². The maximum absolute atomic E-state index is 12.9. The van der Waals surface area contributed by atoms with Crippen LogP contribution in [0.1, 0.15) is 37.2 Å². The van der Waals surface area contributed by atoms with Gasteiger partial charge in [0.25, 0.3) is 0 Å². The molecule has 2 saturated heterocycles. The zero-order valence-electron chi connectivity index (χ0n) is 18.9. The number of fused-ring (bicyclic) bond motifs is 3. The van der Waals surface area contributed by atoms with Gasteiger partial charge in [-0.25, -0.2) is 4.68 Å². The number of aromatic nitrogens is 5. The fraction of sp³-hybridized carbons (Fsp3) is 0.400. The lowest BCUT2D eigenvalue weighted by Crippen LogP contribution is -2.49. The van der Waals surface area contributed by atoms with Gasteiger partial charge in [0.05, 0.1) is 17.4 Å². The number of hydrogen-bond acceptors (Lipinski definition) is 5. The molecule has 182 valence electrons. The van der Waals surface area contributed by atoms with Crippen LogP contribution in [0.3, 0.4) is 0 Å². The molecular formula is C25H25F3N6O. The minimum absolute atomic E-state index is 0.0805. The number of hydrogen-bond donors (Lipinski definition) is 2. The largest absolute Gasteiger partial charge is 0.415 e. The lowest BCUT2D eigenvalue weighted by Gasteiger charge is -2.40. The summed E-state index contributed by atoms with van der Waals surface area (Å²) < 4.78 is 40.3. The van der Waals surface area contributed by atoms with E-state index in [1.807, 2.05) is 47.5 Å². The number of halogens is 3. The Morgan fingerprint density at radius 2 is 1.74 bits per heavy atom. The third-order valence-electron chi connectivity index (χ3n) is 7.48. The van der Waals surface area contributed by atoms with Crippen molar-refractivity contribution in [2.24, 2.45) is 0 Å². The average Bonchev–Trinajstić information content (AvgIpc) is 3.54. The molecule has 2 fully saturated rings. The highest BCUT2D eigenvalue weighted by molar-refractivity contribution is 5.91. The molecule has 0 radical (unpaired) electrons. The molecule has 3 unspecified atom stereocenters. The molecule has 10 heteroatoms. The third kappa shape index (κ3) is 4.10. The number of alkyl halides is 3. The highest BCUT2D eigenvalue weighted by Crippen LogP contribution is 2.43. The molecule has 35 heavy (non-hydrogen) atoms. The number of benzene rings is 2. The maximum atomic E-state index is 12.9. The van der Waals surface area contributed by atoms with Crippen LogP contribution in [0.4, 0.5) is 13.2 Å². The zero-order chi connectivity index (χ0) is 24.2. The van der Waals surface area contributed by atoms with Gasteiger partial charge >= 0.3 is 6.18 Å². The summed E-state index contributed by atoms with van der Waals surface area (Å²) in [6.07, 6.45) is -1.63. The number of H-pyrrole nitrogens is 1. The van der Waals surface area contributed by atoms with E-state index in [2.05, 4.69) is 32.6 Å². The third-order valence-corrected chi connectivity index (χ3v) is 7.48. The minimum Gasteiger partial charge on any atom is -0.382 e. The molecule has 0 aliphatic carbocycles. The van der Waals surface area contributed by atoms with Crippen LogP contribution in [-0.2, 0) is 0 Å². The number of aromatic amines is 1. The Balaban J connectivity index is 1.16. The molecule has 6 rings (SSSR count). The van der Waals surface area contributed by atoms with Gasteiger partial charge < -0.3 is 5.11 Å². The van der Waals surface area contributed by atoms with Crippen LogP contribution in [-0.4, -0.2) is 66.1 Å². The van der Waals surface area contributed by atoms with Gasteiger partial charge in [0, 0.05) is 24.0 Å². The number of aliphatic hydroxyl groups is 1. The van der Waals surface area contributed by atoms with E-state index in [0.717, 1.165) is 48.0 Å². The minimum atomic E-state index is -4.57. The number of para-hydroxylation sites is 1. The Morgan fingerprint density at radius 1 is 1.03 bits per heavy atom. The van der Waals surface area contributed by atoms with E-state index in [4.69, 9.17) is 0 Å². The van der Waals surface area contributed by atoms with Crippen molar-refractivity contribution in [3.63, 3.8) is 0 Å². The van der Waals surface area contributed by atoms with Crippen LogP contribution < -0.4 is 0 Å². The quantitative estimate of drug-likeness (QED) is 0.439. The molecule has 4 atom stereocenters.